The third-order valence-electron chi connectivity index (χ3n) is 3.04. The van der Waals surface area contributed by atoms with E-state index in [1.807, 2.05) is 62.4 Å². The molecule has 106 valence electrons. The second kappa shape index (κ2) is 7.31. The van der Waals surface area contributed by atoms with E-state index in [-0.39, 0.29) is 5.91 Å². The van der Waals surface area contributed by atoms with Crippen molar-refractivity contribution in [3.8, 4) is 11.8 Å². The molecule has 2 aromatic carbocycles. The van der Waals surface area contributed by atoms with E-state index >= 15 is 0 Å². The summed E-state index contributed by atoms with van der Waals surface area (Å²) in [5, 5.41) is 2.95. The first-order chi connectivity index (χ1) is 10.2. The fourth-order valence-corrected chi connectivity index (χ4v) is 1.97. The van der Waals surface area contributed by atoms with E-state index in [1.165, 1.54) is 0 Å². The molecule has 0 radical (unpaired) electrons. The standard InChI is InChI=1S/C19H19NO/c1-3-7-19(21)20-18-14-15(2)10-12-17(18)13-11-16-8-5-4-6-9-16/h4-6,8-10,12,14H,3,7H2,1-2H3,(H,20,21). The molecular weight excluding hydrogens is 258 g/mol. The van der Waals surface area contributed by atoms with Crippen LogP contribution < -0.4 is 5.32 Å². The third kappa shape index (κ3) is 4.50. The lowest BCUT2D eigenvalue weighted by atomic mass is 10.1. The fourth-order valence-electron chi connectivity index (χ4n) is 1.97. The van der Waals surface area contributed by atoms with Gasteiger partial charge in [0.1, 0.15) is 0 Å². The van der Waals surface area contributed by atoms with Gasteiger partial charge in [-0.15, -0.1) is 0 Å². The zero-order chi connectivity index (χ0) is 15.1. The summed E-state index contributed by atoms with van der Waals surface area (Å²) in [6.07, 6.45) is 1.36. The molecule has 0 saturated carbocycles. The number of hydrogen-bond acceptors (Lipinski definition) is 1. The van der Waals surface area contributed by atoms with Gasteiger partial charge in [-0.1, -0.05) is 43.0 Å². The lowest BCUT2D eigenvalue weighted by Crippen LogP contribution is -2.11. The number of hydrogen-bond donors (Lipinski definition) is 1. The molecule has 2 nitrogen and oxygen atoms in total. The van der Waals surface area contributed by atoms with Crippen LogP contribution in [0.1, 0.15) is 36.5 Å². The minimum atomic E-state index is 0.0332. The smallest absolute Gasteiger partial charge is 0.224 e. The molecule has 0 heterocycles. The number of carbonyl (C=O) groups is 1. The summed E-state index contributed by atoms with van der Waals surface area (Å²) in [4.78, 5) is 11.8. The maximum atomic E-state index is 11.8. The van der Waals surface area contributed by atoms with Crippen LogP contribution in [0.4, 0.5) is 5.69 Å². The van der Waals surface area contributed by atoms with Gasteiger partial charge < -0.3 is 5.32 Å². The van der Waals surface area contributed by atoms with Crippen LogP contribution in [0.2, 0.25) is 0 Å². The van der Waals surface area contributed by atoms with Crippen molar-refractivity contribution >= 4 is 11.6 Å². The minimum Gasteiger partial charge on any atom is -0.325 e. The molecule has 0 unspecified atom stereocenters. The largest absolute Gasteiger partial charge is 0.325 e. The average molecular weight is 277 g/mol. The Morgan fingerprint density at radius 3 is 2.57 bits per heavy atom. The van der Waals surface area contributed by atoms with Crippen molar-refractivity contribution in [3.05, 3.63) is 65.2 Å². The maximum Gasteiger partial charge on any atom is 0.224 e. The Morgan fingerprint density at radius 2 is 1.86 bits per heavy atom. The maximum absolute atomic E-state index is 11.8. The highest BCUT2D eigenvalue weighted by atomic mass is 16.1. The van der Waals surface area contributed by atoms with Gasteiger partial charge in [0.05, 0.1) is 5.69 Å². The zero-order valence-corrected chi connectivity index (χ0v) is 12.4. The Hall–Kier alpha value is -2.53. The number of nitrogens with one attached hydrogen (secondary N) is 1. The number of carbonyl (C=O) groups excluding carboxylic acids is 1. The lowest BCUT2D eigenvalue weighted by molar-refractivity contribution is -0.116. The fraction of sp³-hybridized carbons (Fsp3) is 0.211. The van der Waals surface area contributed by atoms with Gasteiger partial charge >= 0.3 is 0 Å². The number of aryl methyl sites for hydroxylation is 1. The highest BCUT2D eigenvalue weighted by Gasteiger charge is 2.05. The van der Waals surface area contributed by atoms with Crippen molar-refractivity contribution in [2.75, 3.05) is 5.32 Å². The van der Waals surface area contributed by atoms with E-state index < -0.39 is 0 Å². The number of amides is 1. The summed E-state index contributed by atoms with van der Waals surface area (Å²) in [7, 11) is 0. The van der Waals surface area contributed by atoms with E-state index in [1.54, 1.807) is 0 Å². The van der Waals surface area contributed by atoms with Gasteiger partial charge in [0.2, 0.25) is 5.91 Å². The van der Waals surface area contributed by atoms with Crippen molar-refractivity contribution in [1.29, 1.82) is 0 Å². The van der Waals surface area contributed by atoms with Gasteiger partial charge in [0.15, 0.2) is 0 Å². The van der Waals surface area contributed by atoms with Gasteiger partial charge in [0.25, 0.3) is 0 Å². The van der Waals surface area contributed by atoms with Crippen molar-refractivity contribution < 1.29 is 4.79 Å². The molecule has 0 bridgehead atoms. The molecule has 0 saturated heterocycles. The molecule has 0 aliphatic carbocycles. The minimum absolute atomic E-state index is 0.0332. The normalized spacial score (nSPS) is 9.62. The topological polar surface area (TPSA) is 29.1 Å². The van der Waals surface area contributed by atoms with Gasteiger partial charge in [-0.25, -0.2) is 0 Å². The molecular formula is C19H19NO. The van der Waals surface area contributed by atoms with E-state index in [9.17, 15) is 4.79 Å². The Balaban J connectivity index is 2.27. The molecule has 2 rings (SSSR count). The van der Waals surface area contributed by atoms with Crippen LogP contribution in [-0.4, -0.2) is 5.91 Å². The Bertz CT molecular complexity index is 678. The molecule has 0 aliphatic rings. The van der Waals surface area contributed by atoms with Gasteiger partial charge in [-0.2, -0.15) is 0 Å². The first kappa shape index (κ1) is 14.9. The highest BCUT2D eigenvalue weighted by molar-refractivity contribution is 5.92. The summed E-state index contributed by atoms with van der Waals surface area (Å²) in [5.41, 5.74) is 3.70. The first-order valence-electron chi connectivity index (χ1n) is 7.16. The van der Waals surface area contributed by atoms with Crippen LogP contribution in [0.5, 0.6) is 0 Å². The van der Waals surface area contributed by atoms with Gasteiger partial charge in [0, 0.05) is 17.5 Å². The van der Waals surface area contributed by atoms with Crippen LogP contribution in [0.15, 0.2) is 48.5 Å². The second-order valence-corrected chi connectivity index (χ2v) is 4.96. The zero-order valence-electron chi connectivity index (χ0n) is 12.4. The highest BCUT2D eigenvalue weighted by Crippen LogP contribution is 2.17. The quantitative estimate of drug-likeness (QED) is 0.840. The Labute approximate surface area is 126 Å². The predicted octanol–water partition coefficient (Wildman–Crippen LogP) is 4.13. The molecule has 0 spiro atoms. The summed E-state index contributed by atoms with van der Waals surface area (Å²) in [6, 6.07) is 15.7. The number of anilines is 1. The molecule has 2 aromatic rings. The Morgan fingerprint density at radius 1 is 1.10 bits per heavy atom. The third-order valence-corrected chi connectivity index (χ3v) is 3.04. The molecule has 0 aromatic heterocycles. The first-order valence-corrected chi connectivity index (χ1v) is 7.16. The SMILES string of the molecule is CCCC(=O)Nc1cc(C)ccc1C#Cc1ccccc1. The lowest BCUT2D eigenvalue weighted by Gasteiger charge is -2.08. The molecule has 1 amide bonds. The van der Waals surface area contributed by atoms with Crippen LogP contribution in [0.25, 0.3) is 0 Å². The predicted molar refractivity (Wildman–Crippen MR) is 87.1 cm³/mol. The van der Waals surface area contributed by atoms with Crippen LogP contribution in [0.3, 0.4) is 0 Å². The summed E-state index contributed by atoms with van der Waals surface area (Å²) < 4.78 is 0. The number of benzene rings is 2. The van der Waals surface area contributed by atoms with Crippen LogP contribution >= 0.6 is 0 Å². The van der Waals surface area contributed by atoms with E-state index in [4.69, 9.17) is 0 Å². The van der Waals surface area contributed by atoms with Crippen molar-refractivity contribution in [1.82, 2.24) is 0 Å². The molecule has 1 N–H and O–H groups in total. The summed E-state index contributed by atoms with van der Waals surface area (Å²) in [5.74, 6) is 6.30. The van der Waals surface area contributed by atoms with E-state index in [0.717, 1.165) is 28.8 Å². The molecule has 0 atom stereocenters. The molecule has 0 aliphatic heterocycles. The average Bonchev–Trinajstić information content (AvgIpc) is 2.48. The molecule has 21 heavy (non-hydrogen) atoms. The number of rotatable bonds is 3. The van der Waals surface area contributed by atoms with Gasteiger partial charge in [-0.3, -0.25) is 4.79 Å². The van der Waals surface area contributed by atoms with Crippen molar-refractivity contribution in [2.45, 2.75) is 26.7 Å². The van der Waals surface area contributed by atoms with Crippen LogP contribution in [-0.2, 0) is 4.79 Å². The van der Waals surface area contributed by atoms with E-state index in [2.05, 4.69) is 17.2 Å². The van der Waals surface area contributed by atoms with Crippen molar-refractivity contribution in [3.63, 3.8) is 0 Å². The summed E-state index contributed by atoms with van der Waals surface area (Å²) >= 11 is 0. The molecule has 2 heteroatoms. The van der Waals surface area contributed by atoms with Crippen molar-refractivity contribution in [2.24, 2.45) is 0 Å². The molecule has 0 fully saturated rings. The summed E-state index contributed by atoms with van der Waals surface area (Å²) in [6.45, 7) is 4.00. The van der Waals surface area contributed by atoms with E-state index in [0.29, 0.717) is 6.42 Å². The van der Waals surface area contributed by atoms with Gasteiger partial charge in [-0.05, 0) is 43.2 Å². The Kier molecular flexibility index (Phi) is 5.17. The second-order valence-electron chi connectivity index (χ2n) is 4.96. The van der Waals surface area contributed by atoms with Crippen LogP contribution in [0, 0.1) is 18.8 Å². The monoisotopic (exact) mass is 277 g/mol.